The summed E-state index contributed by atoms with van der Waals surface area (Å²) in [7, 11) is 1.53. The molecule has 0 aliphatic carbocycles. The third-order valence-corrected chi connectivity index (χ3v) is 4.86. The fourth-order valence-electron chi connectivity index (χ4n) is 3.27. The minimum atomic E-state index is -0.471. The molecule has 1 aliphatic heterocycles. The topological polar surface area (TPSA) is 102 Å². The van der Waals surface area contributed by atoms with E-state index in [-0.39, 0.29) is 24.8 Å². The van der Waals surface area contributed by atoms with E-state index < -0.39 is 11.9 Å². The van der Waals surface area contributed by atoms with Crippen molar-refractivity contribution < 1.29 is 28.7 Å². The Morgan fingerprint density at radius 2 is 1.65 bits per heavy atom. The minimum Gasteiger partial charge on any atom is -0.497 e. The van der Waals surface area contributed by atoms with Gasteiger partial charge in [-0.3, -0.25) is 24.1 Å². The largest absolute Gasteiger partial charge is 0.497 e. The molecule has 0 atom stereocenters. The number of unbranched alkanes of at least 4 members (excludes halogenated alkanes) is 2. The average molecular weight is 424 g/mol. The Morgan fingerprint density at radius 3 is 2.32 bits per heavy atom. The van der Waals surface area contributed by atoms with Gasteiger partial charge in [0, 0.05) is 24.7 Å². The second kappa shape index (κ2) is 10.4. The summed E-state index contributed by atoms with van der Waals surface area (Å²) in [4.78, 5) is 49.5. The van der Waals surface area contributed by atoms with Gasteiger partial charge in [-0.2, -0.15) is 0 Å². The highest BCUT2D eigenvalue weighted by molar-refractivity contribution is 6.21. The number of rotatable bonds is 10. The molecule has 0 saturated heterocycles. The summed E-state index contributed by atoms with van der Waals surface area (Å²) in [6, 6.07) is 13.6. The van der Waals surface area contributed by atoms with Crippen molar-refractivity contribution in [1.29, 1.82) is 0 Å². The zero-order chi connectivity index (χ0) is 22.2. The minimum absolute atomic E-state index is 0.161. The number of carbonyl (C=O) groups excluding carboxylic acids is 4. The lowest BCUT2D eigenvalue weighted by Gasteiger charge is -2.13. The molecule has 0 fully saturated rings. The van der Waals surface area contributed by atoms with Crippen LogP contribution in [0, 0.1) is 0 Å². The molecule has 31 heavy (non-hydrogen) atoms. The van der Waals surface area contributed by atoms with Crippen molar-refractivity contribution in [3.8, 4) is 5.75 Å². The Hall–Kier alpha value is -3.68. The van der Waals surface area contributed by atoms with E-state index >= 15 is 0 Å². The van der Waals surface area contributed by atoms with Crippen LogP contribution in [0.4, 0.5) is 5.69 Å². The highest BCUT2D eigenvalue weighted by atomic mass is 16.5. The molecule has 2 aromatic rings. The van der Waals surface area contributed by atoms with Crippen LogP contribution in [0.3, 0.4) is 0 Å². The maximum atomic E-state index is 12.3. The van der Waals surface area contributed by atoms with Crippen LogP contribution < -0.4 is 10.1 Å². The highest BCUT2D eigenvalue weighted by Crippen LogP contribution is 2.23. The number of carbonyl (C=O) groups is 4. The fraction of sp³-hybridized carbons (Fsp3) is 0.304. The standard InChI is InChI=1S/C23H24N2O6/c1-30-17-9-7-8-16(14-17)24-20(26)15-31-21(27)12-3-2-6-13-25-22(28)18-10-4-5-11-19(18)23(25)29/h4-5,7-11,14H,2-3,6,12-13,15H2,1H3,(H,24,26). The van der Waals surface area contributed by atoms with E-state index in [0.29, 0.717) is 48.4 Å². The molecule has 0 saturated carbocycles. The van der Waals surface area contributed by atoms with Crippen molar-refractivity contribution in [2.45, 2.75) is 25.7 Å². The second-order valence-electron chi connectivity index (χ2n) is 7.06. The quantitative estimate of drug-likeness (QED) is 0.357. The highest BCUT2D eigenvalue weighted by Gasteiger charge is 2.34. The monoisotopic (exact) mass is 424 g/mol. The van der Waals surface area contributed by atoms with Gasteiger partial charge in [-0.1, -0.05) is 24.6 Å². The normalized spacial score (nSPS) is 12.5. The number of amides is 3. The van der Waals surface area contributed by atoms with E-state index in [0.717, 1.165) is 0 Å². The van der Waals surface area contributed by atoms with Crippen molar-refractivity contribution in [2.24, 2.45) is 0 Å². The molecule has 0 unspecified atom stereocenters. The number of benzene rings is 2. The summed E-state index contributed by atoms with van der Waals surface area (Å²) in [5.74, 6) is -0.853. The number of nitrogens with zero attached hydrogens (tertiary/aromatic N) is 1. The van der Waals surface area contributed by atoms with Crippen molar-refractivity contribution >= 4 is 29.4 Å². The number of hydrogen-bond acceptors (Lipinski definition) is 6. The molecule has 0 bridgehead atoms. The van der Waals surface area contributed by atoms with Gasteiger partial charge in [-0.25, -0.2) is 0 Å². The van der Waals surface area contributed by atoms with Crippen LogP contribution in [-0.2, 0) is 14.3 Å². The smallest absolute Gasteiger partial charge is 0.306 e. The first-order chi connectivity index (χ1) is 15.0. The summed E-state index contributed by atoms with van der Waals surface area (Å²) in [5.41, 5.74) is 1.42. The van der Waals surface area contributed by atoms with Crippen LogP contribution in [0.25, 0.3) is 0 Å². The molecule has 0 spiro atoms. The Balaban J connectivity index is 1.31. The summed E-state index contributed by atoms with van der Waals surface area (Å²) in [5, 5.41) is 2.63. The van der Waals surface area contributed by atoms with Crippen LogP contribution in [-0.4, -0.2) is 48.9 Å². The lowest BCUT2D eigenvalue weighted by Crippen LogP contribution is -2.30. The van der Waals surface area contributed by atoms with Gasteiger partial charge in [0.25, 0.3) is 17.7 Å². The molecule has 0 aromatic heterocycles. The van der Waals surface area contributed by atoms with Crippen molar-refractivity contribution in [2.75, 3.05) is 25.6 Å². The number of ether oxygens (including phenoxy) is 2. The Labute approximate surface area is 180 Å². The predicted octanol–water partition coefficient (Wildman–Crippen LogP) is 3.03. The molecule has 162 valence electrons. The van der Waals surface area contributed by atoms with E-state index in [2.05, 4.69) is 5.32 Å². The lowest BCUT2D eigenvalue weighted by atomic mass is 10.1. The summed E-state index contributed by atoms with van der Waals surface area (Å²) < 4.78 is 10.1. The number of imide groups is 1. The zero-order valence-electron chi connectivity index (χ0n) is 17.3. The van der Waals surface area contributed by atoms with E-state index in [9.17, 15) is 19.2 Å². The molecule has 8 heteroatoms. The zero-order valence-corrected chi connectivity index (χ0v) is 17.3. The lowest BCUT2D eigenvalue weighted by molar-refractivity contribution is -0.147. The summed E-state index contributed by atoms with van der Waals surface area (Å²) in [6.45, 7) is -0.0601. The maximum Gasteiger partial charge on any atom is 0.306 e. The summed E-state index contributed by atoms with van der Waals surface area (Å²) in [6.07, 6.45) is 1.95. The van der Waals surface area contributed by atoms with Gasteiger partial charge in [-0.15, -0.1) is 0 Å². The van der Waals surface area contributed by atoms with Crippen LogP contribution in [0.2, 0.25) is 0 Å². The van der Waals surface area contributed by atoms with E-state index in [1.165, 1.54) is 12.0 Å². The van der Waals surface area contributed by atoms with Crippen LogP contribution in [0.15, 0.2) is 48.5 Å². The molecule has 0 radical (unpaired) electrons. The van der Waals surface area contributed by atoms with Crippen LogP contribution >= 0.6 is 0 Å². The van der Waals surface area contributed by atoms with Gasteiger partial charge in [0.05, 0.1) is 18.2 Å². The van der Waals surface area contributed by atoms with E-state index in [1.807, 2.05) is 0 Å². The van der Waals surface area contributed by atoms with Crippen molar-refractivity contribution in [3.05, 3.63) is 59.7 Å². The third kappa shape index (κ3) is 5.69. The summed E-state index contributed by atoms with van der Waals surface area (Å²) >= 11 is 0. The molecule has 1 heterocycles. The Bertz CT molecular complexity index is 953. The van der Waals surface area contributed by atoms with E-state index in [4.69, 9.17) is 9.47 Å². The van der Waals surface area contributed by atoms with Gasteiger partial charge in [-0.05, 0) is 37.1 Å². The van der Waals surface area contributed by atoms with Crippen molar-refractivity contribution in [3.63, 3.8) is 0 Å². The first-order valence-corrected chi connectivity index (χ1v) is 10.0. The molecule has 2 aromatic carbocycles. The van der Waals surface area contributed by atoms with Gasteiger partial charge >= 0.3 is 5.97 Å². The number of esters is 1. The third-order valence-electron chi connectivity index (χ3n) is 4.86. The first kappa shape index (κ1) is 22.0. The number of nitrogens with one attached hydrogen (secondary N) is 1. The number of anilines is 1. The molecule has 3 rings (SSSR count). The van der Waals surface area contributed by atoms with Crippen LogP contribution in [0.5, 0.6) is 5.75 Å². The number of fused-ring (bicyclic) bond motifs is 1. The fourth-order valence-corrected chi connectivity index (χ4v) is 3.27. The molecule has 8 nitrogen and oxygen atoms in total. The Morgan fingerprint density at radius 1 is 0.935 bits per heavy atom. The average Bonchev–Trinajstić information content (AvgIpc) is 3.02. The molecule has 1 N–H and O–H groups in total. The Kier molecular flexibility index (Phi) is 7.37. The van der Waals surface area contributed by atoms with Gasteiger partial charge < -0.3 is 14.8 Å². The van der Waals surface area contributed by atoms with E-state index in [1.54, 1.807) is 48.5 Å². The number of hydrogen-bond donors (Lipinski definition) is 1. The van der Waals surface area contributed by atoms with Gasteiger partial charge in [0.2, 0.25) is 0 Å². The SMILES string of the molecule is COc1cccc(NC(=O)COC(=O)CCCCCN2C(=O)c3ccccc3C2=O)c1. The second-order valence-corrected chi connectivity index (χ2v) is 7.06. The molecule has 3 amide bonds. The first-order valence-electron chi connectivity index (χ1n) is 10.0. The van der Waals surface area contributed by atoms with Gasteiger partial charge in [0.1, 0.15) is 5.75 Å². The van der Waals surface area contributed by atoms with Crippen LogP contribution in [0.1, 0.15) is 46.4 Å². The molecular formula is C23H24N2O6. The van der Waals surface area contributed by atoms with Gasteiger partial charge in [0.15, 0.2) is 6.61 Å². The molecular weight excluding hydrogens is 400 g/mol. The number of methoxy groups -OCH3 is 1. The predicted molar refractivity (Wildman–Crippen MR) is 113 cm³/mol. The maximum absolute atomic E-state index is 12.3. The van der Waals surface area contributed by atoms with Crippen molar-refractivity contribution in [1.82, 2.24) is 4.90 Å². The molecule has 1 aliphatic rings.